The van der Waals surface area contributed by atoms with E-state index in [9.17, 15) is 0 Å². The second-order valence-corrected chi connectivity index (χ2v) is 13.4. The number of nitrogens with zero attached hydrogens (tertiary/aromatic N) is 3. The molecule has 0 saturated heterocycles. The monoisotopic (exact) mass is 609 g/mol. The van der Waals surface area contributed by atoms with Crippen molar-refractivity contribution in [3.63, 3.8) is 0 Å². The lowest BCUT2D eigenvalue weighted by Crippen LogP contribution is -1.97. The van der Waals surface area contributed by atoms with E-state index in [1.54, 1.807) is 11.3 Å². The van der Waals surface area contributed by atoms with Crippen LogP contribution in [0.4, 0.5) is 0 Å². The molecular weight excluding hydrogens is 583 g/mol. The number of para-hydroxylation sites is 2. The van der Waals surface area contributed by atoms with Gasteiger partial charge in [0.1, 0.15) is 21.8 Å². The van der Waals surface area contributed by atoms with Crippen molar-refractivity contribution in [2.75, 3.05) is 0 Å². The molecule has 0 atom stereocenters. The molecule has 0 bridgehead atoms. The average Bonchev–Trinajstić information content (AvgIpc) is 3.77. The van der Waals surface area contributed by atoms with Gasteiger partial charge in [0.2, 0.25) is 0 Å². The lowest BCUT2D eigenvalue weighted by atomic mass is 10.0. The Morgan fingerprint density at radius 1 is 0.630 bits per heavy atom. The van der Waals surface area contributed by atoms with Crippen LogP contribution in [0.15, 0.2) is 126 Å². The first-order valence-corrected chi connectivity index (χ1v) is 16.5. The predicted octanol–water partition coefficient (Wildman–Crippen LogP) is 11.8. The van der Waals surface area contributed by atoms with Crippen LogP contribution >= 0.6 is 11.3 Å². The molecule has 10 rings (SSSR count). The average molecular weight is 610 g/mol. The third-order valence-corrected chi connectivity index (χ3v) is 10.5. The van der Waals surface area contributed by atoms with Crippen LogP contribution in [0.5, 0.6) is 0 Å². The molecule has 46 heavy (non-hydrogen) atoms. The molecular formula is C41H27N3OS. The Kier molecular flexibility index (Phi) is 5.32. The number of hydrogen-bond donors (Lipinski definition) is 0. The molecule has 0 aliphatic heterocycles. The molecule has 0 N–H and O–H groups in total. The van der Waals surface area contributed by atoms with Crippen LogP contribution in [0.25, 0.3) is 92.0 Å². The molecule has 0 aliphatic rings. The highest BCUT2D eigenvalue weighted by molar-refractivity contribution is 7.26. The Labute approximate surface area is 268 Å². The summed E-state index contributed by atoms with van der Waals surface area (Å²) in [5.74, 6) is 1.35. The van der Waals surface area contributed by atoms with E-state index in [1.807, 2.05) is 0 Å². The highest BCUT2D eigenvalue weighted by Crippen LogP contribution is 2.42. The van der Waals surface area contributed by atoms with E-state index < -0.39 is 0 Å². The van der Waals surface area contributed by atoms with Crippen LogP contribution in [-0.4, -0.2) is 14.5 Å². The van der Waals surface area contributed by atoms with Gasteiger partial charge in [-0.15, -0.1) is 11.3 Å². The molecule has 4 nitrogen and oxygen atoms in total. The Hall–Kier alpha value is -5.52. The summed E-state index contributed by atoms with van der Waals surface area (Å²) >= 11 is 1.75. The highest BCUT2D eigenvalue weighted by Gasteiger charge is 2.20. The second kappa shape index (κ2) is 9.49. The van der Waals surface area contributed by atoms with E-state index >= 15 is 0 Å². The van der Waals surface area contributed by atoms with Gasteiger partial charge in [-0.2, -0.15) is 0 Å². The summed E-state index contributed by atoms with van der Waals surface area (Å²) in [5.41, 5.74) is 8.26. The van der Waals surface area contributed by atoms with Gasteiger partial charge in [0.15, 0.2) is 0 Å². The van der Waals surface area contributed by atoms with Crippen molar-refractivity contribution >= 4 is 86.3 Å². The maximum Gasteiger partial charge on any atom is 0.147 e. The summed E-state index contributed by atoms with van der Waals surface area (Å²) in [7, 11) is 0. The van der Waals surface area contributed by atoms with Crippen LogP contribution in [0.3, 0.4) is 0 Å². The quantitative estimate of drug-likeness (QED) is 0.187. The summed E-state index contributed by atoms with van der Waals surface area (Å²) in [6, 6.07) is 43.2. The summed E-state index contributed by atoms with van der Waals surface area (Å²) < 4.78 is 9.94. The predicted molar refractivity (Wildman–Crippen MR) is 194 cm³/mol. The van der Waals surface area contributed by atoms with E-state index in [-0.39, 0.29) is 0 Å². The minimum atomic E-state index is 0.442. The Balaban J connectivity index is 1.22. The number of aromatic nitrogens is 3. The molecule has 6 aromatic carbocycles. The van der Waals surface area contributed by atoms with Crippen molar-refractivity contribution in [1.29, 1.82) is 0 Å². The number of fused-ring (bicyclic) bond motifs is 10. The van der Waals surface area contributed by atoms with Crippen LogP contribution < -0.4 is 0 Å². The van der Waals surface area contributed by atoms with Crippen molar-refractivity contribution in [3.8, 4) is 17.1 Å². The van der Waals surface area contributed by atoms with Crippen LogP contribution in [0, 0.1) is 0 Å². The lowest BCUT2D eigenvalue weighted by Gasteiger charge is -2.10. The van der Waals surface area contributed by atoms with Gasteiger partial charge in [0.05, 0.1) is 22.2 Å². The fraction of sp³-hybridized carbons (Fsp3) is 0.0732. The number of hydrogen-bond acceptors (Lipinski definition) is 4. The molecule has 5 heteroatoms. The van der Waals surface area contributed by atoms with E-state index in [2.05, 4.69) is 140 Å². The molecule has 4 aromatic heterocycles. The number of benzene rings is 6. The molecule has 0 saturated carbocycles. The van der Waals surface area contributed by atoms with Gasteiger partial charge >= 0.3 is 0 Å². The number of furan rings is 1. The normalized spacial score (nSPS) is 12.3. The Morgan fingerprint density at radius 3 is 2.33 bits per heavy atom. The van der Waals surface area contributed by atoms with Gasteiger partial charge in [-0.05, 0) is 59.3 Å². The zero-order valence-electron chi connectivity index (χ0n) is 25.3. The highest BCUT2D eigenvalue weighted by atomic mass is 32.1. The molecule has 0 aliphatic carbocycles. The van der Waals surface area contributed by atoms with E-state index in [0.29, 0.717) is 5.92 Å². The fourth-order valence-electron chi connectivity index (χ4n) is 7.04. The van der Waals surface area contributed by atoms with Gasteiger partial charge in [0.25, 0.3) is 0 Å². The summed E-state index contributed by atoms with van der Waals surface area (Å²) in [6.45, 7) is 4.43. The van der Waals surface area contributed by atoms with Crippen molar-refractivity contribution < 1.29 is 4.42 Å². The van der Waals surface area contributed by atoms with Gasteiger partial charge in [-0.1, -0.05) is 86.6 Å². The third kappa shape index (κ3) is 3.66. The van der Waals surface area contributed by atoms with Crippen LogP contribution in [-0.2, 0) is 0 Å². The van der Waals surface area contributed by atoms with Gasteiger partial charge in [-0.3, -0.25) is 4.57 Å². The Bertz CT molecular complexity index is 2850. The first kappa shape index (κ1) is 25.8. The fourth-order valence-corrected chi connectivity index (χ4v) is 8.21. The zero-order chi connectivity index (χ0) is 30.5. The van der Waals surface area contributed by atoms with E-state index in [4.69, 9.17) is 14.4 Å². The summed E-state index contributed by atoms with van der Waals surface area (Å²) in [5, 5.41) is 8.19. The Morgan fingerprint density at radius 2 is 1.41 bits per heavy atom. The maximum absolute atomic E-state index is 6.48. The topological polar surface area (TPSA) is 43.9 Å². The SMILES string of the molecule is CC(C)c1ccc2c(c1)oc1cc(-n3c(-c4cccc5c4sc4nc6c(ccc7ccccc76)cc45)nc4ccccc43)ccc12. The van der Waals surface area contributed by atoms with Crippen molar-refractivity contribution in [2.24, 2.45) is 0 Å². The molecule has 0 unspecified atom stereocenters. The van der Waals surface area contributed by atoms with Crippen molar-refractivity contribution in [3.05, 3.63) is 127 Å². The molecule has 10 aromatic rings. The number of rotatable bonds is 3. The molecule has 0 radical (unpaired) electrons. The number of imidazole rings is 1. The molecule has 218 valence electrons. The zero-order valence-corrected chi connectivity index (χ0v) is 26.1. The first-order valence-electron chi connectivity index (χ1n) is 15.7. The van der Waals surface area contributed by atoms with E-state index in [1.165, 1.54) is 31.8 Å². The van der Waals surface area contributed by atoms with Crippen LogP contribution in [0.1, 0.15) is 25.3 Å². The first-order chi connectivity index (χ1) is 22.6. The van der Waals surface area contributed by atoms with Crippen LogP contribution in [0.2, 0.25) is 0 Å². The minimum Gasteiger partial charge on any atom is -0.456 e. The maximum atomic E-state index is 6.48. The van der Waals surface area contributed by atoms with Gasteiger partial charge in [-0.25, -0.2) is 9.97 Å². The summed E-state index contributed by atoms with van der Waals surface area (Å²) in [6.07, 6.45) is 0. The van der Waals surface area contributed by atoms with Gasteiger partial charge < -0.3 is 4.42 Å². The van der Waals surface area contributed by atoms with Crippen molar-refractivity contribution in [1.82, 2.24) is 14.5 Å². The van der Waals surface area contributed by atoms with Gasteiger partial charge in [0, 0.05) is 48.6 Å². The largest absolute Gasteiger partial charge is 0.456 e. The molecule has 4 heterocycles. The molecule has 0 fully saturated rings. The number of thiophene rings is 1. The molecule has 0 spiro atoms. The minimum absolute atomic E-state index is 0.442. The third-order valence-electron chi connectivity index (χ3n) is 9.39. The summed E-state index contributed by atoms with van der Waals surface area (Å²) in [4.78, 5) is 11.5. The second-order valence-electron chi connectivity index (χ2n) is 12.4. The van der Waals surface area contributed by atoms with Crippen molar-refractivity contribution in [2.45, 2.75) is 19.8 Å². The lowest BCUT2D eigenvalue weighted by molar-refractivity contribution is 0.667. The smallest absolute Gasteiger partial charge is 0.147 e. The molecule has 0 amide bonds. The standard InChI is InChI=1S/C41H27N3OS/c1-23(2)25-16-18-29-30-19-17-27(22-37(30)45-36(29)21-25)44-35-13-6-5-12-34(35)42-40(44)32-11-7-10-31-33-20-26-15-14-24-8-3-4-9-28(24)38(26)43-41(33)46-39(31)32/h3-23H,1-2H3. The van der Waals surface area contributed by atoms with E-state index in [0.717, 1.165) is 65.8 Å². The number of pyridine rings is 1.